The second-order valence-corrected chi connectivity index (χ2v) is 11.5. The van der Waals surface area contributed by atoms with Gasteiger partial charge < -0.3 is 14.6 Å². The number of carboxylic acid groups (broad SMARTS) is 1. The van der Waals surface area contributed by atoms with Gasteiger partial charge in [-0.2, -0.15) is 0 Å². The summed E-state index contributed by atoms with van der Waals surface area (Å²) in [4.78, 5) is 15.4. The van der Waals surface area contributed by atoms with Crippen LogP contribution in [0.15, 0.2) is 54.7 Å². The molecule has 0 aliphatic heterocycles. The number of ether oxygens (including phenoxy) is 2. The number of carbonyl (C=O) groups is 1. The van der Waals surface area contributed by atoms with Crippen LogP contribution in [0, 0.1) is 17.2 Å². The maximum Gasteiger partial charge on any atom is 0.303 e. The third kappa shape index (κ3) is 5.69. The molecule has 6 heteroatoms. The molecular weight excluding hydrogens is 481 g/mol. The quantitative estimate of drug-likeness (QED) is 0.298. The summed E-state index contributed by atoms with van der Waals surface area (Å²) < 4.78 is 26.5. The molecule has 38 heavy (non-hydrogen) atoms. The zero-order valence-corrected chi connectivity index (χ0v) is 22.4. The molecule has 0 amide bonds. The predicted octanol–water partition coefficient (Wildman–Crippen LogP) is 7.74. The number of rotatable bonds is 10. The van der Waals surface area contributed by atoms with Crippen LogP contribution in [0.25, 0.3) is 11.1 Å². The van der Waals surface area contributed by atoms with Gasteiger partial charge in [-0.15, -0.1) is 0 Å². The number of halogens is 1. The van der Waals surface area contributed by atoms with Gasteiger partial charge in [-0.1, -0.05) is 50.6 Å². The monoisotopic (exact) mass is 517 g/mol. The minimum atomic E-state index is -0.765. The predicted molar refractivity (Wildman–Crippen MR) is 145 cm³/mol. The van der Waals surface area contributed by atoms with Crippen molar-refractivity contribution < 1.29 is 23.8 Å². The average Bonchev–Trinajstić information content (AvgIpc) is 3.68. The van der Waals surface area contributed by atoms with E-state index in [1.54, 1.807) is 6.07 Å². The van der Waals surface area contributed by atoms with E-state index in [2.05, 4.69) is 24.9 Å². The van der Waals surface area contributed by atoms with Crippen LogP contribution in [0.2, 0.25) is 0 Å². The van der Waals surface area contributed by atoms with E-state index >= 15 is 0 Å². The van der Waals surface area contributed by atoms with Crippen LogP contribution in [0.1, 0.15) is 80.9 Å². The van der Waals surface area contributed by atoms with Crippen molar-refractivity contribution in [3.8, 4) is 22.8 Å². The zero-order chi connectivity index (χ0) is 26.9. The summed E-state index contributed by atoms with van der Waals surface area (Å²) >= 11 is 0. The molecule has 0 saturated heterocycles. The molecule has 2 atom stereocenters. The zero-order valence-electron chi connectivity index (χ0n) is 22.4. The Balaban J connectivity index is 1.43. The highest BCUT2D eigenvalue weighted by atomic mass is 19.1. The van der Waals surface area contributed by atoms with Crippen LogP contribution in [0.4, 0.5) is 4.39 Å². The van der Waals surface area contributed by atoms with Gasteiger partial charge in [0.25, 0.3) is 0 Å². The van der Waals surface area contributed by atoms with Gasteiger partial charge in [0.1, 0.15) is 18.2 Å². The van der Waals surface area contributed by atoms with Gasteiger partial charge in [0.15, 0.2) is 0 Å². The van der Waals surface area contributed by atoms with E-state index in [9.17, 15) is 14.3 Å². The first-order chi connectivity index (χ1) is 18.2. The number of benzene rings is 2. The summed E-state index contributed by atoms with van der Waals surface area (Å²) in [5.74, 6) is 0.758. The van der Waals surface area contributed by atoms with E-state index in [4.69, 9.17) is 9.47 Å². The minimum absolute atomic E-state index is 0.0267. The lowest BCUT2D eigenvalue weighted by molar-refractivity contribution is -0.137. The third-order valence-electron chi connectivity index (χ3n) is 8.36. The number of methoxy groups -OCH3 is 1. The van der Waals surface area contributed by atoms with E-state index in [0.29, 0.717) is 29.9 Å². The van der Waals surface area contributed by atoms with Crippen molar-refractivity contribution in [2.45, 2.75) is 70.8 Å². The maximum atomic E-state index is 15.0. The Hall–Kier alpha value is -3.41. The van der Waals surface area contributed by atoms with E-state index in [1.807, 2.05) is 36.4 Å². The minimum Gasteiger partial charge on any atom is -0.489 e. The number of nitrogens with zero attached hydrogens (tertiary/aromatic N) is 1. The molecule has 0 bridgehead atoms. The van der Waals surface area contributed by atoms with Crippen molar-refractivity contribution >= 4 is 5.97 Å². The summed E-state index contributed by atoms with van der Waals surface area (Å²) in [6, 6.07) is 15.7. The lowest BCUT2D eigenvalue weighted by Crippen LogP contribution is -2.17. The highest BCUT2D eigenvalue weighted by molar-refractivity contribution is 5.70. The van der Waals surface area contributed by atoms with Crippen molar-refractivity contribution in [2.24, 2.45) is 11.3 Å². The lowest BCUT2D eigenvalue weighted by Gasteiger charge is -2.30. The molecule has 2 aromatic carbocycles. The van der Waals surface area contributed by atoms with Crippen molar-refractivity contribution in [3.05, 3.63) is 77.2 Å². The van der Waals surface area contributed by atoms with Crippen LogP contribution in [0.3, 0.4) is 0 Å². The Morgan fingerprint density at radius 1 is 1.13 bits per heavy atom. The molecule has 200 valence electrons. The molecule has 1 heterocycles. The molecule has 0 radical (unpaired) electrons. The number of carboxylic acids is 1. The first kappa shape index (κ1) is 26.2. The average molecular weight is 518 g/mol. The normalized spacial score (nSPS) is 19.2. The highest BCUT2D eigenvalue weighted by Gasteiger charge is 2.37. The molecular formula is C32H36FNO4. The summed E-state index contributed by atoms with van der Waals surface area (Å²) in [5, 5.41) is 9.38. The Morgan fingerprint density at radius 3 is 2.63 bits per heavy atom. The number of aromatic nitrogens is 1. The first-order valence-electron chi connectivity index (χ1n) is 13.5. The van der Waals surface area contributed by atoms with Gasteiger partial charge in [-0.3, -0.25) is 4.79 Å². The summed E-state index contributed by atoms with van der Waals surface area (Å²) in [6.45, 7) is 4.96. The molecule has 2 fully saturated rings. The fourth-order valence-corrected chi connectivity index (χ4v) is 6.12. The lowest BCUT2D eigenvalue weighted by atomic mass is 9.75. The standard InChI is InChI=1S/C32H36FNO4/c1-32(2)13-5-8-28(32)26-14-20(9-12-24(26)27-16-30(37-3)34-18-29(27)33)19-38-23-7-4-6-22(15-23)25(17-31(35)36)21-10-11-21/h4,6-7,9,12,14-16,18,21,25,28H,5,8,10-11,13,17,19H2,1-3H3,(H,35,36)/t25-,28-/m1/s1. The Kier molecular flexibility index (Phi) is 7.42. The number of hydrogen-bond donors (Lipinski definition) is 1. The fraction of sp³-hybridized carbons (Fsp3) is 0.438. The summed E-state index contributed by atoms with van der Waals surface area (Å²) in [5.41, 5.74) is 4.65. The first-order valence-corrected chi connectivity index (χ1v) is 13.5. The molecule has 2 aliphatic rings. The number of pyridine rings is 1. The summed E-state index contributed by atoms with van der Waals surface area (Å²) in [6.07, 6.45) is 6.87. The van der Waals surface area contributed by atoms with E-state index in [1.165, 1.54) is 13.3 Å². The topological polar surface area (TPSA) is 68.7 Å². The van der Waals surface area contributed by atoms with Crippen LogP contribution < -0.4 is 9.47 Å². The highest BCUT2D eigenvalue weighted by Crippen LogP contribution is 2.51. The maximum absolute atomic E-state index is 15.0. The van der Waals surface area contributed by atoms with Gasteiger partial charge in [-0.25, -0.2) is 9.37 Å². The third-order valence-corrected chi connectivity index (χ3v) is 8.36. The van der Waals surface area contributed by atoms with Crippen molar-refractivity contribution in [2.75, 3.05) is 7.11 Å². The fourth-order valence-electron chi connectivity index (χ4n) is 6.12. The molecule has 0 spiro atoms. The van der Waals surface area contributed by atoms with Crippen molar-refractivity contribution in [3.63, 3.8) is 0 Å². The molecule has 1 aromatic heterocycles. The molecule has 2 saturated carbocycles. The van der Waals surface area contributed by atoms with Gasteiger partial charge >= 0.3 is 5.97 Å². The number of hydrogen-bond acceptors (Lipinski definition) is 4. The van der Waals surface area contributed by atoms with Crippen LogP contribution in [-0.4, -0.2) is 23.2 Å². The molecule has 3 aromatic rings. The van der Waals surface area contributed by atoms with E-state index in [-0.39, 0.29) is 23.6 Å². The number of aliphatic carboxylic acids is 1. The second-order valence-electron chi connectivity index (χ2n) is 11.5. The van der Waals surface area contributed by atoms with E-state index < -0.39 is 5.97 Å². The summed E-state index contributed by atoms with van der Waals surface area (Å²) in [7, 11) is 1.54. The Morgan fingerprint density at radius 2 is 1.95 bits per heavy atom. The molecule has 2 aliphatic carbocycles. The smallest absolute Gasteiger partial charge is 0.303 e. The van der Waals surface area contributed by atoms with Gasteiger partial charge in [0.05, 0.1) is 19.7 Å². The Labute approximate surface area is 224 Å². The molecule has 0 unspecified atom stereocenters. The molecule has 1 N–H and O–H groups in total. The van der Waals surface area contributed by atoms with Crippen molar-refractivity contribution in [1.29, 1.82) is 0 Å². The van der Waals surface area contributed by atoms with Gasteiger partial charge in [0, 0.05) is 11.6 Å². The van der Waals surface area contributed by atoms with Crippen LogP contribution in [-0.2, 0) is 11.4 Å². The molecule has 5 nitrogen and oxygen atoms in total. The van der Waals surface area contributed by atoms with Crippen LogP contribution in [0.5, 0.6) is 11.6 Å². The van der Waals surface area contributed by atoms with Crippen LogP contribution >= 0.6 is 0 Å². The molecule has 5 rings (SSSR count). The van der Waals surface area contributed by atoms with Gasteiger partial charge in [0.2, 0.25) is 5.88 Å². The SMILES string of the molecule is COc1cc(-c2ccc(COc3cccc([C@H](CC(=O)O)C4CC4)c3)cc2[C@H]2CCCC2(C)C)c(F)cn1. The van der Waals surface area contributed by atoms with E-state index in [0.717, 1.165) is 60.1 Å². The Bertz CT molecular complexity index is 1320. The van der Waals surface area contributed by atoms with Crippen molar-refractivity contribution in [1.82, 2.24) is 4.98 Å². The van der Waals surface area contributed by atoms with Gasteiger partial charge in [-0.05, 0) is 83.2 Å². The largest absolute Gasteiger partial charge is 0.489 e. The second kappa shape index (κ2) is 10.8.